The number of hydrogen-bond donors (Lipinski definition) is 2. The van der Waals surface area contributed by atoms with E-state index >= 15 is 0 Å². The van der Waals surface area contributed by atoms with Crippen LogP contribution in [0.4, 0.5) is 4.39 Å². The fourth-order valence-electron chi connectivity index (χ4n) is 2.46. The Kier molecular flexibility index (Phi) is 5.45. The van der Waals surface area contributed by atoms with E-state index < -0.39 is 0 Å². The fraction of sp³-hybridized carbons (Fsp3) is 0.222. The van der Waals surface area contributed by atoms with Crippen molar-refractivity contribution in [2.45, 2.75) is 26.5 Å². The molecule has 0 spiro atoms. The molecule has 3 rings (SSSR count). The topological polar surface area (TPSA) is 54.9 Å². The maximum atomic E-state index is 13.7. The van der Waals surface area contributed by atoms with Gasteiger partial charge in [-0.1, -0.05) is 43.3 Å². The molecule has 2 aromatic carbocycles. The van der Waals surface area contributed by atoms with E-state index in [1.807, 2.05) is 31.2 Å². The van der Waals surface area contributed by atoms with Gasteiger partial charge in [-0.15, -0.1) is 0 Å². The van der Waals surface area contributed by atoms with E-state index in [1.165, 1.54) is 6.07 Å². The van der Waals surface area contributed by atoms with Gasteiger partial charge in [0.15, 0.2) is 5.82 Å². The molecule has 0 fully saturated rings. The number of rotatable bonds is 7. The maximum Gasteiger partial charge on any atom is 0.214 e. The molecule has 1 heterocycles. The molecule has 0 atom stereocenters. The van der Waals surface area contributed by atoms with E-state index in [1.54, 1.807) is 22.9 Å². The molecule has 2 N–H and O–H groups in total. The fourth-order valence-corrected chi connectivity index (χ4v) is 2.67. The zero-order chi connectivity index (χ0) is 17.6. The summed E-state index contributed by atoms with van der Waals surface area (Å²) in [7, 11) is 0. The Bertz CT molecular complexity index is 906. The van der Waals surface area contributed by atoms with Crippen molar-refractivity contribution < 1.29 is 9.13 Å². The van der Waals surface area contributed by atoms with Gasteiger partial charge in [-0.25, -0.2) is 9.07 Å². The molecule has 0 aliphatic rings. The number of aryl methyl sites for hydroxylation is 1. The van der Waals surface area contributed by atoms with Crippen LogP contribution >= 0.6 is 12.2 Å². The minimum Gasteiger partial charge on any atom is -0.488 e. The number of H-pyrrole nitrogens is 1. The molecule has 0 bridgehead atoms. The van der Waals surface area contributed by atoms with Gasteiger partial charge >= 0.3 is 0 Å². The first kappa shape index (κ1) is 17.2. The molecular formula is C18H19FN4OS. The predicted molar refractivity (Wildman–Crippen MR) is 97.0 cm³/mol. The Morgan fingerprint density at radius 2 is 1.88 bits per heavy atom. The third kappa shape index (κ3) is 4.06. The van der Waals surface area contributed by atoms with Crippen molar-refractivity contribution in [3.05, 3.63) is 76.1 Å². The highest BCUT2D eigenvalue weighted by Crippen LogP contribution is 2.20. The quantitative estimate of drug-likeness (QED) is 0.628. The highest BCUT2D eigenvalue weighted by molar-refractivity contribution is 7.71. The minimum atomic E-state index is -0.268. The van der Waals surface area contributed by atoms with E-state index in [9.17, 15) is 4.39 Å². The van der Waals surface area contributed by atoms with Gasteiger partial charge in [0.2, 0.25) is 4.77 Å². The molecule has 3 aromatic rings. The summed E-state index contributed by atoms with van der Waals surface area (Å²) in [6.45, 7) is 2.69. The Morgan fingerprint density at radius 3 is 2.64 bits per heavy atom. The van der Waals surface area contributed by atoms with Gasteiger partial charge in [-0.2, -0.15) is 5.10 Å². The number of halogens is 1. The van der Waals surface area contributed by atoms with Gasteiger partial charge in [0.05, 0.1) is 6.54 Å². The summed E-state index contributed by atoms with van der Waals surface area (Å²) in [6.07, 6.45) is 0.756. The summed E-state index contributed by atoms with van der Waals surface area (Å²) in [5, 5.41) is 6.94. The zero-order valence-corrected chi connectivity index (χ0v) is 14.6. The van der Waals surface area contributed by atoms with Gasteiger partial charge in [0.1, 0.15) is 18.2 Å². The highest BCUT2D eigenvalue weighted by Gasteiger charge is 2.08. The Balaban J connectivity index is 1.72. The summed E-state index contributed by atoms with van der Waals surface area (Å²) < 4.78 is 21.8. The molecule has 130 valence electrons. The number of ether oxygens (including phenoxy) is 1. The largest absolute Gasteiger partial charge is 0.488 e. The first-order valence-corrected chi connectivity index (χ1v) is 8.44. The average Bonchev–Trinajstić information content (AvgIpc) is 3.00. The lowest BCUT2D eigenvalue weighted by molar-refractivity contribution is 0.297. The van der Waals surface area contributed by atoms with E-state index in [0.717, 1.165) is 17.8 Å². The number of nitrogens with one attached hydrogen (secondary N) is 2. The number of aromatic nitrogens is 3. The second kappa shape index (κ2) is 7.94. The third-order valence-corrected chi connectivity index (χ3v) is 4.07. The second-order valence-electron chi connectivity index (χ2n) is 5.46. The number of para-hydroxylation sites is 1. The van der Waals surface area contributed by atoms with Crippen LogP contribution in [0.25, 0.3) is 0 Å². The van der Waals surface area contributed by atoms with Gasteiger partial charge in [0, 0.05) is 17.5 Å². The Hall–Kier alpha value is -2.67. The van der Waals surface area contributed by atoms with Crippen LogP contribution in [-0.4, -0.2) is 14.9 Å². The lowest BCUT2D eigenvalue weighted by Crippen LogP contribution is -2.17. The minimum absolute atomic E-state index is 0.176. The molecule has 0 saturated heterocycles. The van der Waals surface area contributed by atoms with Gasteiger partial charge in [0.25, 0.3) is 0 Å². The Labute approximate surface area is 150 Å². The predicted octanol–water partition coefficient (Wildman–Crippen LogP) is 3.96. The monoisotopic (exact) mass is 358 g/mol. The molecule has 1 aromatic heterocycles. The van der Waals surface area contributed by atoms with Crippen molar-refractivity contribution in [2.75, 3.05) is 5.43 Å². The standard InChI is InChI=1S/C18H19FN4OS/c1-2-17-21-22-18(25)23(17)20-11-13-7-4-6-10-16(13)24-12-14-8-3-5-9-15(14)19/h3-10,20H,2,11-12H2,1H3,(H,22,25). The average molecular weight is 358 g/mol. The van der Waals surface area contributed by atoms with E-state index in [-0.39, 0.29) is 12.4 Å². The molecule has 0 saturated carbocycles. The molecular weight excluding hydrogens is 339 g/mol. The first-order chi connectivity index (χ1) is 12.2. The van der Waals surface area contributed by atoms with Gasteiger partial charge < -0.3 is 10.2 Å². The molecule has 0 amide bonds. The van der Waals surface area contributed by atoms with Crippen molar-refractivity contribution >= 4 is 12.2 Å². The second-order valence-corrected chi connectivity index (χ2v) is 5.84. The van der Waals surface area contributed by atoms with Crippen molar-refractivity contribution in [3.8, 4) is 5.75 Å². The molecule has 25 heavy (non-hydrogen) atoms. The van der Waals surface area contributed by atoms with Crippen molar-refractivity contribution in [2.24, 2.45) is 0 Å². The van der Waals surface area contributed by atoms with Crippen LogP contribution < -0.4 is 10.2 Å². The van der Waals surface area contributed by atoms with Gasteiger partial charge in [-0.05, 0) is 24.4 Å². The van der Waals surface area contributed by atoms with E-state index in [0.29, 0.717) is 22.6 Å². The number of benzene rings is 2. The SMILES string of the molecule is CCc1n[nH]c(=S)n1NCc1ccccc1OCc1ccccc1F. The van der Waals surface area contributed by atoms with Crippen LogP contribution in [0.1, 0.15) is 23.9 Å². The smallest absolute Gasteiger partial charge is 0.214 e. The summed E-state index contributed by atoms with van der Waals surface area (Å²) in [5.74, 6) is 1.26. The van der Waals surface area contributed by atoms with Crippen LogP contribution in [-0.2, 0) is 19.6 Å². The summed E-state index contributed by atoms with van der Waals surface area (Å²) in [5.41, 5.74) is 4.72. The third-order valence-electron chi connectivity index (χ3n) is 3.80. The zero-order valence-electron chi connectivity index (χ0n) is 13.8. The number of aromatic amines is 1. The summed E-state index contributed by atoms with van der Waals surface area (Å²) in [6, 6.07) is 14.3. The van der Waals surface area contributed by atoms with Crippen LogP contribution in [0.2, 0.25) is 0 Å². The lowest BCUT2D eigenvalue weighted by Gasteiger charge is -2.14. The maximum absolute atomic E-state index is 13.7. The van der Waals surface area contributed by atoms with E-state index in [2.05, 4.69) is 15.6 Å². The van der Waals surface area contributed by atoms with Crippen molar-refractivity contribution in [1.82, 2.24) is 14.9 Å². The number of hydrogen-bond acceptors (Lipinski definition) is 4. The van der Waals surface area contributed by atoms with Crippen LogP contribution in [0.3, 0.4) is 0 Å². The first-order valence-electron chi connectivity index (χ1n) is 8.03. The van der Waals surface area contributed by atoms with Crippen molar-refractivity contribution in [1.29, 1.82) is 0 Å². The van der Waals surface area contributed by atoms with E-state index in [4.69, 9.17) is 17.0 Å². The molecule has 0 aliphatic heterocycles. The lowest BCUT2D eigenvalue weighted by atomic mass is 10.2. The molecule has 7 heteroatoms. The molecule has 5 nitrogen and oxygen atoms in total. The van der Waals surface area contributed by atoms with Gasteiger partial charge in [-0.3, -0.25) is 5.10 Å². The van der Waals surface area contributed by atoms with Crippen LogP contribution in [0, 0.1) is 10.6 Å². The van der Waals surface area contributed by atoms with Crippen LogP contribution in [0.5, 0.6) is 5.75 Å². The number of nitrogens with zero attached hydrogens (tertiary/aromatic N) is 2. The highest BCUT2D eigenvalue weighted by atomic mass is 32.1. The Morgan fingerprint density at radius 1 is 1.16 bits per heavy atom. The van der Waals surface area contributed by atoms with Crippen molar-refractivity contribution in [3.63, 3.8) is 0 Å². The normalized spacial score (nSPS) is 10.6. The van der Waals surface area contributed by atoms with Crippen LogP contribution in [0.15, 0.2) is 48.5 Å². The molecule has 0 aliphatic carbocycles. The molecule has 0 radical (unpaired) electrons. The molecule has 0 unspecified atom stereocenters. The summed E-state index contributed by atoms with van der Waals surface area (Å²) >= 11 is 5.23. The summed E-state index contributed by atoms with van der Waals surface area (Å²) in [4.78, 5) is 0.